The minimum absolute atomic E-state index is 0.187. The van der Waals surface area contributed by atoms with Gasteiger partial charge in [-0.15, -0.1) is 0 Å². The van der Waals surface area contributed by atoms with Gasteiger partial charge >= 0.3 is 5.97 Å². The monoisotopic (exact) mass is 337 g/mol. The summed E-state index contributed by atoms with van der Waals surface area (Å²) in [4.78, 5) is 24.9. The Labute approximate surface area is 148 Å². The highest BCUT2D eigenvalue weighted by molar-refractivity contribution is 5.89. The zero-order valence-electron chi connectivity index (χ0n) is 14.5. The number of Topliss-reactive ketones (excluding diaryl/α,β-unsaturated/α-hetero) is 1. The van der Waals surface area contributed by atoms with Gasteiger partial charge in [0.05, 0.1) is 5.56 Å². The van der Waals surface area contributed by atoms with Crippen molar-refractivity contribution in [2.45, 2.75) is 32.6 Å². The van der Waals surface area contributed by atoms with Gasteiger partial charge in [-0.05, 0) is 55.0 Å². The lowest BCUT2D eigenvalue weighted by molar-refractivity contribution is -0.116. The van der Waals surface area contributed by atoms with Gasteiger partial charge < -0.3 is 10.0 Å². The molecule has 0 fully saturated rings. The third-order valence-corrected chi connectivity index (χ3v) is 4.71. The molecule has 0 aliphatic carbocycles. The highest BCUT2D eigenvalue weighted by atomic mass is 16.4. The predicted octanol–water partition coefficient (Wildman–Crippen LogP) is 3.51. The molecular weight excluding hydrogens is 314 g/mol. The second-order valence-corrected chi connectivity index (χ2v) is 6.64. The summed E-state index contributed by atoms with van der Waals surface area (Å²) in [6, 6.07) is 13.5. The fourth-order valence-electron chi connectivity index (χ4n) is 3.56. The van der Waals surface area contributed by atoms with E-state index in [1.165, 1.54) is 11.3 Å². The van der Waals surface area contributed by atoms with Crippen molar-refractivity contribution in [3.63, 3.8) is 0 Å². The summed E-state index contributed by atoms with van der Waals surface area (Å²) in [5, 5.41) is 9.26. The summed E-state index contributed by atoms with van der Waals surface area (Å²) >= 11 is 0. The van der Waals surface area contributed by atoms with Gasteiger partial charge in [-0.3, -0.25) is 4.79 Å². The van der Waals surface area contributed by atoms with Crippen LogP contribution in [0.15, 0.2) is 42.5 Å². The van der Waals surface area contributed by atoms with Crippen LogP contribution in [0.1, 0.15) is 40.4 Å². The summed E-state index contributed by atoms with van der Waals surface area (Å²) in [5.41, 5.74) is 4.94. The first kappa shape index (κ1) is 17.2. The average molecular weight is 337 g/mol. The van der Waals surface area contributed by atoms with Crippen LogP contribution in [0.25, 0.3) is 0 Å². The molecule has 0 saturated heterocycles. The van der Waals surface area contributed by atoms with E-state index >= 15 is 0 Å². The molecule has 0 atom stereocenters. The molecule has 1 N–H and O–H groups in total. The highest BCUT2D eigenvalue weighted by Crippen LogP contribution is 2.29. The molecule has 4 heteroatoms. The molecule has 0 unspecified atom stereocenters. The zero-order valence-corrected chi connectivity index (χ0v) is 14.5. The second-order valence-electron chi connectivity index (χ2n) is 6.64. The fraction of sp³-hybridized carbons (Fsp3) is 0.333. The summed E-state index contributed by atoms with van der Waals surface area (Å²) < 4.78 is 0. The van der Waals surface area contributed by atoms with Gasteiger partial charge in [0, 0.05) is 25.2 Å². The number of carboxylic acids is 1. The van der Waals surface area contributed by atoms with E-state index in [0.717, 1.165) is 43.5 Å². The van der Waals surface area contributed by atoms with E-state index in [0.29, 0.717) is 12.0 Å². The van der Waals surface area contributed by atoms with Gasteiger partial charge in [0.25, 0.3) is 0 Å². The quantitative estimate of drug-likeness (QED) is 0.840. The Bertz CT molecular complexity index is 797. The molecule has 0 saturated carbocycles. The number of fused-ring (bicyclic) bond motifs is 1. The number of rotatable bonds is 7. The smallest absolute Gasteiger partial charge is 0.335 e. The maximum Gasteiger partial charge on any atom is 0.335 e. The van der Waals surface area contributed by atoms with Crippen molar-refractivity contribution in [2.75, 3.05) is 18.0 Å². The molecule has 0 bridgehead atoms. The zero-order chi connectivity index (χ0) is 17.8. The van der Waals surface area contributed by atoms with Crippen LogP contribution in [0.3, 0.4) is 0 Å². The maximum atomic E-state index is 11.3. The van der Waals surface area contributed by atoms with Gasteiger partial charge in [0.1, 0.15) is 5.78 Å². The van der Waals surface area contributed by atoms with E-state index < -0.39 is 5.97 Å². The van der Waals surface area contributed by atoms with E-state index in [2.05, 4.69) is 17.0 Å². The molecule has 1 aliphatic heterocycles. The molecule has 1 heterocycles. The first-order chi connectivity index (χ1) is 12.0. The number of hydrogen-bond donors (Lipinski definition) is 1. The molecular formula is C21H23NO3. The third-order valence-electron chi connectivity index (χ3n) is 4.71. The Morgan fingerprint density at radius 3 is 2.72 bits per heavy atom. The van der Waals surface area contributed by atoms with Crippen LogP contribution in [0.2, 0.25) is 0 Å². The molecule has 3 rings (SSSR count). The minimum Gasteiger partial charge on any atom is -0.478 e. The molecule has 0 amide bonds. The minimum atomic E-state index is -0.861. The van der Waals surface area contributed by atoms with Crippen molar-refractivity contribution in [1.29, 1.82) is 0 Å². The number of carbonyl (C=O) groups excluding carboxylic acids is 1. The van der Waals surface area contributed by atoms with E-state index in [1.807, 2.05) is 18.2 Å². The Morgan fingerprint density at radius 2 is 1.96 bits per heavy atom. The summed E-state index contributed by atoms with van der Waals surface area (Å²) in [7, 11) is 0. The van der Waals surface area contributed by atoms with Crippen molar-refractivity contribution in [1.82, 2.24) is 0 Å². The van der Waals surface area contributed by atoms with Crippen LogP contribution in [0.5, 0.6) is 0 Å². The van der Waals surface area contributed by atoms with Gasteiger partial charge in [0.15, 0.2) is 0 Å². The highest BCUT2D eigenvalue weighted by Gasteiger charge is 2.19. The van der Waals surface area contributed by atoms with Crippen LogP contribution in [0, 0.1) is 0 Å². The Morgan fingerprint density at radius 1 is 1.16 bits per heavy atom. The van der Waals surface area contributed by atoms with Crippen molar-refractivity contribution >= 4 is 17.4 Å². The number of benzene rings is 2. The molecule has 0 aromatic heterocycles. The van der Waals surface area contributed by atoms with Crippen molar-refractivity contribution in [2.24, 2.45) is 0 Å². The van der Waals surface area contributed by atoms with E-state index in [9.17, 15) is 14.7 Å². The van der Waals surface area contributed by atoms with Crippen LogP contribution >= 0.6 is 0 Å². The Hall–Kier alpha value is -2.62. The van der Waals surface area contributed by atoms with E-state index in [-0.39, 0.29) is 5.78 Å². The molecule has 2 aromatic carbocycles. The first-order valence-electron chi connectivity index (χ1n) is 8.72. The molecule has 0 radical (unpaired) electrons. The fourth-order valence-corrected chi connectivity index (χ4v) is 3.56. The maximum absolute atomic E-state index is 11.3. The molecule has 2 aromatic rings. The lowest BCUT2D eigenvalue weighted by atomic mass is 10.0. The molecule has 0 spiro atoms. The number of aromatic carboxylic acids is 1. The van der Waals surface area contributed by atoms with Gasteiger partial charge in [0.2, 0.25) is 0 Å². The number of ketones is 1. The van der Waals surface area contributed by atoms with Crippen molar-refractivity contribution < 1.29 is 14.7 Å². The number of hydrogen-bond acceptors (Lipinski definition) is 3. The van der Waals surface area contributed by atoms with E-state index in [4.69, 9.17) is 0 Å². The normalized spacial score (nSPS) is 12.9. The number of nitrogens with zero attached hydrogens (tertiary/aromatic N) is 1. The Kier molecular flexibility index (Phi) is 5.17. The lowest BCUT2D eigenvalue weighted by Gasteiger charge is -2.19. The Balaban J connectivity index is 1.61. The van der Waals surface area contributed by atoms with E-state index in [1.54, 1.807) is 19.1 Å². The SMILES string of the molecule is CC(=O)Cc1ccc2c(c1)CCN2CCCc1ccccc1C(=O)O. The standard InChI is InChI=1S/C21H23NO3/c1-15(23)13-16-8-9-20-18(14-16)10-12-22(20)11-4-6-17-5-2-3-7-19(17)21(24)25/h2-3,5,7-9,14H,4,6,10-13H2,1H3,(H,24,25). The topological polar surface area (TPSA) is 57.6 Å². The molecule has 1 aliphatic rings. The van der Waals surface area contributed by atoms with Crippen LogP contribution in [-0.4, -0.2) is 29.9 Å². The third kappa shape index (κ3) is 4.08. The van der Waals surface area contributed by atoms with Gasteiger partial charge in [-0.1, -0.05) is 30.3 Å². The summed E-state index contributed by atoms with van der Waals surface area (Å²) in [6.45, 7) is 3.51. The van der Waals surface area contributed by atoms with Crippen molar-refractivity contribution in [3.8, 4) is 0 Å². The van der Waals surface area contributed by atoms with Gasteiger partial charge in [-0.25, -0.2) is 4.79 Å². The molecule has 25 heavy (non-hydrogen) atoms. The first-order valence-corrected chi connectivity index (χ1v) is 8.72. The predicted molar refractivity (Wildman–Crippen MR) is 98.5 cm³/mol. The number of carboxylic acid groups (broad SMARTS) is 1. The largest absolute Gasteiger partial charge is 0.478 e. The van der Waals surface area contributed by atoms with Gasteiger partial charge in [-0.2, -0.15) is 0 Å². The van der Waals surface area contributed by atoms with Crippen molar-refractivity contribution in [3.05, 3.63) is 64.7 Å². The van der Waals surface area contributed by atoms with Crippen LogP contribution in [-0.2, 0) is 24.1 Å². The number of carbonyl (C=O) groups is 2. The number of anilines is 1. The summed E-state index contributed by atoms with van der Waals surface area (Å²) in [5.74, 6) is -0.674. The summed E-state index contributed by atoms with van der Waals surface area (Å²) in [6.07, 6.45) is 3.18. The molecule has 4 nitrogen and oxygen atoms in total. The lowest BCUT2D eigenvalue weighted by Crippen LogP contribution is -2.22. The molecule has 130 valence electrons. The average Bonchev–Trinajstić information content (AvgIpc) is 2.97. The van der Waals surface area contributed by atoms with Crippen LogP contribution in [0.4, 0.5) is 5.69 Å². The number of aryl methyl sites for hydroxylation is 1. The second kappa shape index (κ2) is 7.51. The van der Waals surface area contributed by atoms with Crippen LogP contribution < -0.4 is 4.90 Å².